The van der Waals surface area contributed by atoms with Crippen LogP contribution in [-0.2, 0) is 28.6 Å². The maximum Gasteiger partial charge on any atom is 0.306 e. The molecule has 0 saturated heterocycles. The Morgan fingerprint density at radius 2 is 0.650 bits per heavy atom. The van der Waals surface area contributed by atoms with Crippen LogP contribution in [0.15, 0.2) is 72.9 Å². The minimum atomic E-state index is -0.793. The smallest absolute Gasteiger partial charge is 0.306 e. The van der Waals surface area contributed by atoms with Crippen molar-refractivity contribution in [1.82, 2.24) is 0 Å². The van der Waals surface area contributed by atoms with Crippen molar-refractivity contribution in [3.8, 4) is 0 Å². The van der Waals surface area contributed by atoms with E-state index in [9.17, 15) is 14.4 Å². The van der Waals surface area contributed by atoms with Crippen LogP contribution < -0.4 is 0 Å². The minimum Gasteiger partial charge on any atom is -0.462 e. The molecule has 0 N–H and O–H groups in total. The summed E-state index contributed by atoms with van der Waals surface area (Å²) in [6, 6.07) is 0. The largest absolute Gasteiger partial charge is 0.462 e. The average Bonchev–Trinajstić information content (AvgIpc) is 3.24. The van der Waals surface area contributed by atoms with Gasteiger partial charge in [-0.3, -0.25) is 14.4 Å². The molecule has 0 rings (SSSR count). The van der Waals surface area contributed by atoms with Crippen molar-refractivity contribution in [2.24, 2.45) is 0 Å². The number of hydrogen-bond acceptors (Lipinski definition) is 6. The van der Waals surface area contributed by atoms with Gasteiger partial charge < -0.3 is 14.2 Å². The summed E-state index contributed by atoms with van der Waals surface area (Å²) in [7, 11) is 0. The Morgan fingerprint density at radius 3 is 1.08 bits per heavy atom. The van der Waals surface area contributed by atoms with Crippen LogP contribution in [0.2, 0.25) is 0 Å². The van der Waals surface area contributed by atoms with Crippen LogP contribution >= 0.6 is 0 Å². The van der Waals surface area contributed by atoms with E-state index < -0.39 is 6.10 Å². The second-order valence-corrected chi connectivity index (χ2v) is 16.5. The zero-order valence-corrected chi connectivity index (χ0v) is 39.2. The van der Waals surface area contributed by atoms with E-state index >= 15 is 0 Å². The van der Waals surface area contributed by atoms with E-state index in [1.165, 1.54) is 116 Å². The first kappa shape index (κ1) is 56.9. The lowest BCUT2D eigenvalue weighted by atomic mass is 10.0. The molecule has 0 heterocycles. The zero-order valence-electron chi connectivity index (χ0n) is 39.2. The fourth-order valence-electron chi connectivity index (χ4n) is 6.80. The van der Waals surface area contributed by atoms with Crippen molar-refractivity contribution in [3.63, 3.8) is 0 Å². The van der Waals surface area contributed by atoms with Gasteiger partial charge in [0.25, 0.3) is 0 Å². The van der Waals surface area contributed by atoms with Gasteiger partial charge >= 0.3 is 17.9 Å². The first-order valence-corrected chi connectivity index (χ1v) is 25.0. The number of carbonyl (C=O) groups is 3. The van der Waals surface area contributed by atoms with Gasteiger partial charge in [-0.2, -0.15) is 0 Å². The number of rotatable bonds is 44. The fraction of sp³-hybridized carbons (Fsp3) is 0.722. The summed E-state index contributed by atoms with van der Waals surface area (Å²) in [5, 5.41) is 0. The lowest BCUT2D eigenvalue weighted by molar-refractivity contribution is -0.167. The van der Waals surface area contributed by atoms with Gasteiger partial charge in [0.2, 0.25) is 0 Å². The zero-order chi connectivity index (χ0) is 43.7. The molecular formula is C54H92O6. The number of hydrogen-bond donors (Lipinski definition) is 0. The van der Waals surface area contributed by atoms with Crippen molar-refractivity contribution in [2.75, 3.05) is 13.2 Å². The predicted molar refractivity (Wildman–Crippen MR) is 256 cm³/mol. The highest BCUT2D eigenvalue weighted by Gasteiger charge is 2.19. The number of ether oxygens (including phenoxy) is 3. The second-order valence-electron chi connectivity index (χ2n) is 16.5. The van der Waals surface area contributed by atoms with Gasteiger partial charge in [-0.25, -0.2) is 0 Å². The molecule has 0 aromatic rings. The van der Waals surface area contributed by atoms with E-state index in [0.29, 0.717) is 19.3 Å². The van der Waals surface area contributed by atoms with Crippen LogP contribution in [0.5, 0.6) is 0 Å². The van der Waals surface area contributed by atoms with Gasteiger partial charge in [0, 0.05) is 19.3 Å². The summed E-state index contributed by atoms with van der Waals surface area (Å²) >= 11 is 0. The lowest BCUT2D eigenvalue weighted by Crippen LogP contribution is -2.30. The Bertz CT molecular complexity index is 1140. The van der Waals surface area contributed by atoms with Crippen LogP contribution in [0.4, 0.5) is 0 Å². The van der Waals surface area contributed by atoms with Gasteiger partial charge in [-0.15, -0.1) is 0 Å². The molecule has 1 unspecified atom stereocenters. The monoisotopic (exact) mass is 837 g/mol. The normalized spacial score (nSPS) is 12.7. The summed E-state index contributed by atoms with van der Waals surface area (Å²) in [6.45, 7) is 6.42. The molecule has 1 atom stereocenters. The third-order valence-electron chi connectivity index (χ3n) is 10.6. The number of esters is 3. The molecule has 0 aliphatic rings. The SMILES string of the molecule is CC\C=C/C=C\C=C/C=C\CCCCCC(=O)OCC(COC(=O)CCCCCCCC/C=C\C=C/CCCCC)OC(=O)CCCCCCCCCCCCCCCC. The third kappa shape index (κ3) is 45.9. The summed E-state index contributed by atoms with van der Waals surface area (Å²) in [5.74, 6) is -0.942. The van der Waals surface area contributed by atoms with E-state index in [0.717, 1.165) is 77.0 Å². The summed E-state index contributed by atoms with van der Waals surface area (Å²) < 4.78 is 16.7. The van der Waals surface area contributed by atoms with Crippen LogP contribution in [0.25, 0.3) is 0 Å². The minimum absolute atomic E-state index is 0.0932. The van der Waals surface area contributed by atoms with E-state index in [4.69, 9.17) is 14.2 Å². The first-order chi connectivity index (χ1) is 29.5. The van der Waals surface area contributed by atoms with Crippen LogP contribution in [0, 0.1) is 0 Å². The van der Waals surface area contributed by atoms with Gasteiger partial charge in [-0.05, 0) is 64.2 Å². The average molecular weight is 837 g/mol. The Morgan fingerprint density at radius 1 is 0.350 bits per heavy atom. The second kappa shape index (κ2) is 48.5. The molecule has 0 fully saturated rings. The topological polar surface area (TPSA) is 78.9 Å². The highest BCUT2D eigenvalue weighted by Crippen LogP contribution is 2.15. The van der Waals surface area contributed by atoms with E-state index in [-0.39, 0.29) is 31.1 Å². The quantitative estimate of drug-likeness (QED) is 0.0263. The van der Waals surface area contributed by atoms with Gasteiger partial charge in [0.1, 0.15) is 13.2 Å². The highest BCUT2D eigenvalue weighted by atomic mass is 16.6. The third-order valence-corrected chi connectivity index (χ3v) is 10.6. The van der Waals surface area contributed by atoms with E-state index in [2.05, 4.69) is 57.2 Å². The van der Waals surface area contributed by atoms with Gasteiger partial charge in [0.15, 0.2) is 6.10 Å². The molecule has 0 amide bonds. The van der Waals surface area contributed by atoms with Crippen LogP contribution in [-0.4, -0.2) is 37.2 Å². The molecule has 0 aromatic carbocycles. The molecular weight excluding hydrogens is 745 g/mol. The predicted octanol–water partition coefficient (Wildman–Crippen LogP) is 16.3. The molecule has 6 nitrogen and oxygen atoms in total. The molecule has 0 aliphatic carbocycles. The summed E-state index contributed by atoms with van der Waals surface area (Å²) in [4.78, 5) is 37.9. The summed E-state index contributed by atoms with van der Waals surface area (Å²) in [5.41, 5.74) is 0. The van der Waals surface area contributed by atoms with Crippen molar-refractivity contribution < 1.29 is 28.6 Å². The van der Waals surface area contributed by atoms with E-state index in [1.807, 2.05) is 36.5 Å². The molecule has 0 bridgehead atoms. The maximum atomic E-state index is 12.8. The lowest BCUT2D eigenvalue weighted by Gasteiger charge is -2.18. The van der Waals surface area contributed by atoms with Gasteiger partial charge in [0.05, 0.1) is 0 Å². The summed E-state index contributed by atoms with van der Waals surface area (Å²) in [6.07, 6.45) is 60.2. The Kier molecular flexibility index (Phi) is 46.0. The number of allylic oxidation sites excluding steroid dienone is 12. The highest BCUT2D eigenvalue weighted by molar-refractivity contribution is 5.71. The molecule has 6 heteroatoms. The Labute approximate surface area is 370 Å². The molecule has 344 valence electrons. The fourth-order valence-corrected chi connectivity index (χ4v) is 6.80. The standard InChI is InChI=1S/C54H92O6/c1-4-7-10-13-16-19-22-25-27-30-32-35-38-41-44-47-53(56)59-50-51(49-58-52(55)46-43-40-37-34-31-28-24-21-18-15-12-9-6-3)60-54(57)48-45-42-39-36-33-29-26-23-20-17-14-11-8-5-2/h9,12,15-16,18-19,21-22,24-25,28,31,51H,4-8,10-11,13-14,17,20,23,26-27,29-30,32-50H2,1-3H3/b12-9-,18-15-,19-16-,24-21-,25-22-,31-28-. The molecule has 0 aliphatic heterocycles. The maximum absolute atomic E-state index is 12.8. The number of unbranched alkanes of at least 4 members (excludes halogenated alkanes) is 25. The van der Waals surface area contributed by atoms with Crippen molar-refractivity contribution in [1.29, 1.82) is 0 Å². The molecule has 60 heavy (non-hydrogen) atoms. The van der Waals surface area contributed by atoms with Crippen LogP contribution in [0.3, 0.4) is 0 Å². The van der Waals surface area contributed by atoms with Crippen LogP contribution in [0.1, 0.15) is 233 Å². The van der Waals surface area contributed by atoms with Crippen molar-refractivity contribution in [2.45, 2.75) is 239 Å². The Hall–Kier alpha value is -3.15. The molecule has 0 spiro atoms. The van der Waals surface area contributed by atoms with Gasteiger partial charge in [-0.1, -0.05) is 222 Å². The molecule has 0 aromatic heterocycles. The Balaban J connectivity index is 4.45. The van der Waals surface area contributed by atoms with E-state index in [1.54, 1.807) is 0 Å². The van der Waals surface area contributed by atoms with Crippen molar-refractivity contribution >= 4 is 17.9 Å². The molecule has 0 saturated carbocycles. The molecule has 0 radical (unpaired) electrons. The van der Waals surface area contributed by atoms with Crippen molar-refractivity contribution in [3.05, 3.63) is 72.9 Å². The number of carbonyl (C=O) groups excluding carboxylic acids is 3. The first-order valence-electron chi connectivity index (χ1n) is 25.0.